The molecule has 0 unspecified atom stereocenters. The minimum Gasteiger partial charge on any atom is -0.460 e. The number of hydrogen-bond donors (Lipinski definition) is 0. The number of carbonyl (C=O) groups is 2. The van der Waals surface area contributed by atoms with Crippen molar-refractivity contribution in [2.24, 2.45) is 0 Å². The summed E-state index contributed by atoms with van der Waals surface area (Å²) in [6, 6.07) is 13.8. The van der Waals surface area contributed by atoms with Gasteiger partial charge in [-0.2, -0.15) is 21.6 Å². The first-order valence-electron chi connectivity index (χ1n) is 10.9. The third-order valence-electron chi connectivity index (χ3n) is 6.00. The Kier molecular flexibility index (Phi) is 7.10. The van der Waals surface area contributed by atoms with Gasteiger partial charge in [0.1, 0.15) is 19.3 Å². The first-order chi connectivity index (χ1) is 17.0. The molecule has 2 aromatic carbocycles. The molecule has 36 heavy (non-hydrogen) atoms. The summed E-state index contributed by atoms with van der Waals surface area (Å²) in [5, 5.41) is 0. The molecule has 2 aliphatic rings. The van der Waals surface area contributed by atoms with Crippen LogP contribution in [0, 0.1) is 0 Å². The van der Waals surface area contributed by atoms with Crippen molar-refractivity contribution in [2.45, 2.75) is 30.0 Å². The smallest absolute Gasteiger partial charge is 0.460 e. The lowest BCUT2D eigenvalue weighted by Gasteiger charge is -2.23. The van der Waals surface area contributed by atoms with Crippen LogP contribution in [0.2, 0.25) is 0 Å². The zero-order valence-electron chi connectivity index (χ0n) is 18.8. The Labute approximate surface area is 205 Å². The Morgan fingerprint density at radius 3 is 2.17 bits per heavy atom. The SMILES string of the molecule is C=CCOC(=O)[C@@H]1C[C@@H](OS(=O)(=O)C(F)(F)F)CN1C(=O)OCC1c2ccccc2-c2ccccc21. The average Bonchev–Trinajstić information content (AvgIpc) is 3.39. The molecule has 0 saturated carbocycles. The predicted octanol–water partition coefficient (Wildman–Crippen LogP) is 3.97. The molecule has 0 N–H and O–H groups in total. The quantitative estimate of drug-likeness (QED) is 0.233. The molecule has 1 amide bonds. The minimum absolute atomic E-state index is 0.107. The zero-order chi connectivity index (χ0) is 26.1. The van der Waals surface area contributed by atoms with E-state index >= 15 is 0 Å². The highest BCUT2D eigenvalue weighted by Gasteiger charge is 2.51. The lowest BCUT2D eigenvalue weighted by atomic mass is 9.98. The highest BCUT2D eigenvalue weighted by Crippen LogP contribution is 2.44. The van der Waals surface area contributed by atoms with Crippen molar-refractivity contribution in [3.63, 3.8) is 0 Å². The van der Waals surface area contributed by atoms with Crippen LogP contribution in [0.3, 0.4) is 0 Å². The molecule has 12 heteroatoms. The van der Waals surface area contributed by atoms with Crippen molar-refractivity contribution in [1.82, 2.24) is 4.90 Å². The molecule has 1 fully saturated rings. The molecular formula is C24H22F3NO7S. The number of carbonyl (C=O) groups excluding carboxylic acids is 2. The van der Waals surface area contributed by atoms with E-state index in [9.17, 15) is 31.2 Å². The number of rotatable bonds is 7. The maximum absolute atomic E-state index is 13.0. The van der Waals surface area contributed by atoms with E-state index in [2.05, 4.69) is 10.8 Å². The lowest BCUT2D eigenvalue weighted by Crippen LogP contribution is -2.42. The average molecular weight is 526 g/mol. The van der Waals surface area contributed by atoms with E-state index in [0.717, 1.165) is 27.2 Å². The first-order valence-corrected chi connectivity index (χ1v) is 12.3. The first kappa shape index (κ1) is 25.7. The standard InChI is InChI=1S/C24H22F3NO7S/c1-2-11-33-22(29)21-12-15(35-36(31,32)24(25,26)27)13-28(21)23(30)34-14-20-18-9-5-3-7-16(18)17-8-4-6-10-19(17)20/h2-10,15,20-21H,1,11-14H2/t15-,21+/m1/s1. The molecule has 0 bridgehead atoms. The third-order valence-corrected chi connectivity index (χ3v) is 7.09. The number of nitrogens with zero attached hydrogens (tertiary/aromatic N) is 1. The highest BCUT2D eigenvalue weighted by atomic mass is 32.2. The molecule has 0 aromatic heterocycles. The summed E-state index contributed by atoms with van der Waals surface area (Å²) >= 11 is 0. The largest absolute Gasteiger partial charge is 0.523 e. The molecule has 2 atom stereocenters. The van der Waals surface area contributed by atoms with Crippen LogP contribution >= 0.6 is 0 Å². The lowest BCUT2D eigenvalue weighted by molar-refractivity contribution is -0.147. The van der Waals surface area contributed by atoms with E-state index in [1.54, 1.807) is 0 Å². The van der Waals surface area contributed by atoms with Crippen LogP contribution in [0.25, 0.3) is 11.1 Å². The third kappa shape index (κ3) is 4.96. The van der Waals surface area contributed by atoms with Gasteiger partial charge in [-0.05, 0) is 22.3 Å². The molecule has 1 heterocycles. The Balaban J connectivity index is 1.51. The summed E-state index contributed by atoms with van der Waals surface area (Å²) in [4.78, 5) is 26.3. The van der Waals surface area contributed by atoms with E-state index < -0.39 is 52.8 Å². The number of fused-ring (bicyclic) bond motifs is 3. The number of ether oxygens (including phenoxy) is 2. The normalized spacial score (nSPS) is 19.5. The topological polar surface area (TPSA) is 99.2 Å². The molecule has 1 aliphatic heterocycles. The summed E-state index contributed by atoms with van der Waals surface area (Å²) in [5.41, 5.74) is -1.79. The number of hydrogen-bond acceptors (Lipinski definition) is 7. The van der Waals surface area contributed by atoms with Crippen LogP contribution in [0.5, 0.6) is 0 Å². The fourth-order valence-electron chi connectivity index (χ4n) is 4.44. The van der Waals surface area contributed by atoms with Gasteiger partial charge in [-0.3, -0.25) is 9.08 Å². The van der Waals surface area contributed by atoms with Gasteiger partial charge in [0.2, 0.25) is 0 Å². The van der Waals surface area contributed by atoms with Crippen molar-refractivity contribution in [2.75, 3.05) is 19.8 Å². The van der Waals surface area contributed by atoms with Gasteiger partial charge in [-0.15, -0.1) is 0 Å². The van der Waals surface area contributed by atoms with Crippen molar-refractivity contribution in [1.29, 1.82) is 0 Å². The fourth-order valence-corrected chi connectivity index (χ4v) is 5.05. The van der Waals surface area contributed by atoms with Crippen LogP contribution in [0.1, 0.15) is 23.5 Å². The van der Waals surface area contributed by atoms with Crippen LogP contribution < -0.4 is 0 Å². The Morgan fingerprint density at radius 1 is 1.03 bits per heavy atom. The monoisotopic (exact) mass is 525 g/mol. The van der Waals surface area contributed by atoms with Gasteiger partial charge >= 0.3 is 27.7 Å². The number of halogens is 3. The van der Waals surface area contributed by atoms with E-state index in [1.807, 2.05) is 48.5 Å². The molecule has 0 spiro atoms. The van der Waals surface area contributed by atoms with Crippen LogP contribution in [0.15, 0.2) is 61.2 Å². The summed E-state index contributed by atoms with van der Waals surface area (Å²) in [7, 11) is -5.94. The summed E-state index contributed by atoms with van der Waals surface area (Å²) in [6.45, 7) is 2.48. The predicted molar refractivity (Wildman–Crippen MR) is 121 cm³/mol. The van der Waals surface area contributed by atoms with Crippen LogP contribution in [0.4, 0.5) is 18.0 Å². The second-order valence-corrected chi connectivity index (χ2v) is 9.81. The fraction of sp³-hybridized carbons (Fsp3) is 0.333. The number of alkyl halides is 3. The maximum atomic E-state index is 13.0. The second-order valence-electron chi connectivity index (χ2n) is 8.24. The molecule has 0 radical (unpaired) electrons. The Morgan fingerprint density at radius 2 is 1.61 bits per heavy atom. The summed E-state index contributed by atoms with van der Waals surface area (Å²) < 4.78 is 75.9. The molecule has 8 nitrogen and oxygen atoms in total. The molecule has 4 rings (SSSR count). The van der Waals surface area contributed by atoms with Crippen LogP contribution in [-0.4, -0.2) is 62.8 Å². The van der Waals surface area contributed by atoms with Gasteiger partial charge in [0.25, 0.3) is 0 Å². The number of amides is 1. The molecule has 1 aliphatic carbocycles. The van der Waals surface area contributed by atoms with Crippen molar-refractivity contribution in [3.8, 4) is 11.1 Å². The van der Waals surface area contributed by atoms with Gasteiger partial charge in [0, 0.05) is 12.3 Å². The Hall–Kier alpha value is -3.38. The van der Waals surface area contributed by atoms with Gasteiger partial charge in [-0.25, -0.2) is 9.59 Å². The maximum Gasteiger partial charge on any atom is 0.523 e. The molecular weight excluding hydrogens is 503 g/mol. The molecule has 2 aromatic rings. The molecule has 1 saturated heterocycles. The van der Waals surface area contributed by atoms with Gasteiger partial charge in [-0.1, -0.05) is 61.2 Å². The second kappa shape index (κ2) is 9.94. The van der Waals surface area contributed by atoms with Crippen molar-refractivity contribution in [3.05, 3.63) is 72.3 Å². The van der Waals surface area contributed by atoms with Crippen molar-refractivity contribution >= 4 is 22.2 Å². The van der Waals surface area contributed by atoms with E-state index in [-0.39, 0.29) is 19.1 Å². The van der Waals surface area contributed by atoms with Gasteiger partial charge in [0.05, 0.1) is 12.6 Å². The molecule has 192 valence electrons. The van der Waals surface area contributed by atoms with Crippen LogP contribution in [-0.2, 0) is 28.6 Å². The Bertz CT molecular complexity index is 1230. The number of benzene rings is 2. The van der Waals surface area contributed by atoms with Gasteiger partial charge in [0.15, 0.2) is 0 Å². The number of esters is 1. The van der Waals surface area contributed by atoms with Gasteiger partial charge < -0.3 is 9.47 Å². The van der Waals surface area contributed by atoms with E-state index in [0.29, 0.717) is 0 Å². The highest BCUT2D eigenvalue weighted by molar-refractivity contribution is 7.87. The van der Waals surface area contributed by atoms with E-state index in [1.165, 1.54) is 6.08 Å². The summed E-state index contributed by atoms with van der Waals surface area (Å²) in [6.07, 6.45) is -1.87. The minimum atomic E-state index is -5.94. The van der Waals surface area contributed by atoms with E-state index in [4.69, 9.17) is 9.47 Å². The zero-order valence-corrected chi connectivity index (χ0v) is 19.6. The number of likely N-dealkylation sites (tertiary alicyclic amines) is 1. The summed E-state index contributed by atoms with van der Waals surface area (Å²) in [5.74, 6) is -1.24. The van der Waals surface area contributed by atoms with Crippen molar-refractivity contribution < 1.29 is 44.8 Å².